The second kappa shape index (κ2) is 5.65. The van der Waals surface area contributed by atoms with Gasteiger partial charge in [-0.2, -0.15) is 0 Å². The molecule has 0 saturated carbocycles. The Hall–Kier alpha value is -1.17. The third-order valence-corrected chi connectivity index (χ3v) is 3.70. The molecule has 0 atom stereocenters. The number of aryl methyl sites for hydroxylation is 1. The molecule has 1 aromatic heterocycles. The number of anilines is 1. The number of nitrogens with zero attached hydrogens (tertiary/aromatic N) is 2. The molecule has 0 saturated heterocycles. The first-order chi connectivity index (χ1) is 8.63. The second-order valence-electron chi connectivity index (χ2n) is 3.69. The van der Waals surface area contributed by atoms with Crippen LogP contribution in [0.1, 0.15) is 12.6 Å². The summed E-state index contributed by atoms with van der Waals surface area (Å²) in [5, 5.41) is 0.625. The average molecular weight is 328 g/mol. The van der Waals surface area contributed by atoms with E-state index in [2.05, 4.69) is 31.3 Å². The van der Waals surface area contributed by atoms with Crippen molar-refractivity contribution in [1.29, 1.82) is 0 Å². The number of hydrazine groups is 1. The largest absolute Gasteiger partial charge is 0.308 e. The number of benzene rings is 1. The van der Waals surface area contributed by atoms with Crippen LogP contribution in [-0.4, -0.2) is 9.97 Å². The maximum Gasteiger partial charge on any atom is 0.161 e. The fourth-order valence-electron chi connectivity index (χ4n) is 1.52. The molecule has 2 aromatic rings. The maximum absolute atomic E-state index is 6.07. The van der Waals surface area contributed by atoms with Gasteiger partial charge < -0.3 is 5.43 Å². The molecule has 0 aliphatic heterocycles. The molecule has 4 nitrogen and oxygen atoms in total. The Bertz CT molecular complexity index is 552. The van der Waals surface area contributed by atoms with Gasteiger partial charge in [-0.05, 0) is 40.5 Å². The van der Waals surface area contributed by atoms with Gasteiger partial charge in [0.05, 0.1) is 5.02 Å². The van der Waals surface area contributed by atoms with Crippen molar-refractivity contribution in [2.45, 2.75) is 13.3 Å². The van der Waals surface area contributed by atoms with Crippen LogP contribution >= 0.6 is 27.5 Å². The molecule has 0 amide bonds. The van der Waals surface area contributed by atoms with Crippen LogP contribution in [0, 0.1) is 0 Å². The van der Waals surface area contributed by atoms with Crippen LogP contribution in [0.25, 0.3) is 11.4 Å². The van der Waals surface area contributed by atoms with Gasteiger partial charge in [0.2, 0.25) is 0 Å². The van der Waals surface area contributed by atoms with Gasteiger partial charge in [-0.15, -0.1) is 0 Å². The van der Waals surface area contributed by atoms with Crippen molar-refractivity contribution in [2.75, 3.05) is 5.43 Å². The molecule has 6 heteroatoms. The van der Waals surface area contributed by atoms with Gasteiger partial charge in [0.1, 0.15) is 5.82 Å². The fraction of sp³-hybridized carbons (Fsp3) is 0.167. The van der Waals surface area contributed by atoms with E-state index in [4.69, 9.17) is 17.4 Å². The van der Waals surface area contributed by atoms with Crippen molar-refractivity contribution in [1.82, 2.24) is 9.97 Å². The van der Waals surface area contributed by atoms with Crippen LogP contribution in [0.2, 0.25) is 5.02 Å². The normalized spacial score (nSPS) is 10.4. The molecule has 94 valence electrons. The van der Waals surface area contributed by atoms with Crippen molar-refractivity contribution in [3.8, 4) is 11.4 Å². The number of hydrogen-bond donors (Lipinski definition) is 2. The minimum atomic E-state index is 0.593. The molecular weight excluding hydrogens is 316 g/mol. The Kier molecular flexibility index (Phi) is 4.16. The van der Waals surface area contributed by atoms with Crippen molar-refractivity contribution in [2.24, 2.45) is 5.84 Å². The Balaban J connectivity index is 2.51. The summed E-state index contributed by atoms with van der Waals surface area (Å²) in [5.41, 5.74) is 4.32. The summed E-state index contributed by atoms with van der Waals surface area (Å²) in [4.78, 5) is 8.78. The molecule has 18 heavy (non-hydrogen) atoms. The van der Waals surface area contributed by atoms with Gasteiger partial charge >= 0.3 is 0 Å². The molecule has 0 bridgehead atoms. The van der Waals surface area contributed by atoms with Crippen molar-refractivity contribution >= 4 is 33.3 Å². The lowest BCUT2D eigenvalue weighted by Gasteiger charge is -2.07. The first kappa shape index (κ1) is 13.3. The van der Waals surface area contributed by atoms with Crippen molar-refractivity contribution in [3.05, 3.63) is 39.5 Å². The second-order valence-corrected chi connectivity index (χ2v) is 4.96. The Morgan fingerprint density at radius 3 is 2.72 bits per heavy atom. The molecule has 1 heterocycles. The number of nitrogen functional groups attached to an aromatic ring is 1. The van der Waals surface area contributed by atoms with Gasteiger partial charge in [0.15, 0.2) is 5.82 Å². The third-order valence-electron chi connectivity index (χ3n) is 2.47. The van der Waals surface area contributed by atoms with E-state index in [9.17, 15) is 0 Å². The lowest BCUT2D eigenvalue weighted by atomic mass is 10.2. The van der Waals surface area contributed by atoms with E-state index < -0.39 is 0 Å². The number of aromatic nitrogens is 2. The highest BCUT2D eigenvalue weighted by molar-refractivity contribution is 9.10. The Morgan fingerprint density at radius 1 is 1.33 bits per heavy atom. The van der Waals surface area contributed by atoms with Crippen LogP contribution in [0.5, 0.6) is 0 Å². The van der Waals surface area contributed by atoms with Crippen LogP contribution in [0.15, 0.2) is 28.7 Å². The highest BCUT2D eigenvalue weighted by Gasteiger charge is 2.07. The molecule has 0 spiro atoms. The van der Waals surface area contributed by atoms with Crippen LogP contribution in [0.4, 0.5) is 5.82 Å². The predicted octanol–water partition coefficient (Wildman–Crippen LogP) is 3.41. The zero-order valence-electron chi connectivity index (χ0n) is 9.74. The fourth-order valence-corrected chi connectivity index (χ4v) is 1.94. The summed E-state index contributed by atoms with van der Waals surface area (Å²) in [5.74, 6) is 6.60. The smallest absolute Gasteiger partial charge is 0.161 e. The maximum atomic E-state index is 6.07. The lowest BCUT2D eigenvalue weighted by Crippen LogP contribution is -2.10. The first-order valence-corrected chi connectivity index (χ1v) is 6.61. The summed E-state index contributed by atoms with van der Waals surface area (Å²) < 4.78 is 0.844. The molecule has 1 aromatic carbocycles. The van der Waals surface area contributed by atoms with Gasteiger partial charge in [0.25, 0.3) is 0 Å². The molecule has 2 rings (SSSR count). The lowest BCUT2D eigenvalue weighted by molar-refractivity contribution is 1.00. The monoisotopic (exact) mass is 326 g/mol. The summed E-state index contributed by atoms with van der Waals surface area (Å²) in [6, 6.07) is 7.42. The van der Waals surface area contributed by atoms with Crippen LogP contribution < -0.4 is 11.3 Å². The zero-order chi connectivity index (χ0) is 13.1. The SMILES string of the molecule is CCc1cc(NN)nc(-c2ccc(Br)c(Cl)c2)n1. The molecule has 3 N–H and O–H groups in total. The summed E-state index contributed by atoms with van der Waals surface area (Å²) >= 11 is 9.42. The highest BCUT2D eigenvalue weighted by Crippen LogP contribution is 2.27. The van der Waals surface area contributed by atoms with Crippen molar-refractivity contribution in [3.63, 3.8) is 0 Å². The Morgan fingerprint density at radius 2 is 2.11 bits per heavy atom. The molecule has 0 fully saturated rings. The average Bonchev–Trinajstić information content (AvgIpc) is 2.41. The van der Waals surface area contributed by atoms with E-state index in [1.165, 1.54) is 0 Å². The van der Waals surface area contributed by atoms with Gasteiger partial charge in [-0.1, -0.05) is 18.5 Å². The molecular formula is C12H12BrClN4. The molecule has 0 aliphatic rings. The third kappa shape index (κ3) is 2.80. The number of rotatable bonds is 3. The minimum absolute atomic E-state index is 0.593. The van der Waals surface area contributed by atoms with E-state index in [0.717, 1.165) is 22.2 Å². The van der Waals surface area contributed by atoms with E-state index in [1.807, 2.05) is 31.2 Å². The van der Waals surface area contributed by atoms with Crippen LogP contribution in [-0.2, 0) is 6.42 Å². The summed E-state index contributed by atoms with van der Waals surface area (Å²) in [6.07, 6.45) is 0.814. The highest BCUT2D eigenvalue weighted by atomic mass is 79.9. The Labute approximate surface area is 119 Å². The standard InChI is InChI=1S/C12H12BrClN4/c1-2-8-6-11(18-15)17-12(16-8)7-3-4-9(13)10(14)5-7/h3-6H,2,15H2,1H3,(H,16,17,18). The van der Waals surface area contributed by atoms with E-state index >= 15 is 0 Å². The molecule has 0 radical (unpaired) electrons. The van der Waals surface area contributed by atoms with Crippen molar-refractivity contribution < 1.29 is 0 Å². The van der Waals surface area contributed by atoms with Gasteiger partial charge in [-0.25, -0.2) is 15.8 Å². The quantitative estimate of drug-likeness (QED) is 0.670. The molecule has 0 unspecified atom stereocenters. The van der Waals surface area contributed by atoms with Crippen LogP contribution in [0.3, 0.4) is 0 Å². The topological polar surface area (TPSA) is 63.8 Å². The van der Waals surface area contributed by atoms with E-state index in [1.54, 1.807) is 0 Å². The number of nitrogens with two attached hydrogens (primary N) is 1. The number of hydrogen-bond acceptors (Lipinski definition) is 4. The molecule has 0 aliphatic carbocycles. The number of nitrogens with one attached hydrogen (secondary N) is 1. The van der Waals surface area contributed by atoms with E-state index in [0.29, 0.717) is 16.7 Å². The van der Waals surface area contributed by atoms with Gasteiger partial charge in [0, 0.05) is 21.8 Å². The first-order valence-electron chi connectivity index (χ1n) is 5.44. The summed E-state index contributed by atoms with van der Waals surface area (Å²) in [6.45, 7) is 2.03. The minimum Gasteiger partial charge on any atom is -0.308 e. The predicted molar refractivity (Wildman–Crippen MR) is 77.4 cm³/mol. The number of halogens is 2. The van der Waals surface area contributed by atoms with E-state index in [-0.39, 0.29) is 0 Å². The zero-order valence-corrected chi connectivity index (χ0v) is 12.1. The summed E-state index contributed by atoms with van der Waals surface area (Å²) in [7, 11) is 0. The van der Waals surface area contributed by atoms with Gasteiger partial charge in [-0.3, -0.25) is 0 Å².